The van der Waals surface area contributed by atoms with Crippen LogP contribution >= 0.6 is 11.8 Å². The van der Waals surface area contributed by atoms with E-state index < -0.39 is 12.0 Å². The summed E-state index contributed by atoms with van der Waals surface area (Å²) in [6.45, 7) is 3.84. The van der Waals surface area contributed by atoms with Crippen LogP contribution < -0.4 is 5.32 Å². The molecule has 1 fully saturated rings. The molecule has 7 nitrogen and oxygen atoms in total. The molecule has 4 rings (SSSR count). The van der Waals surface area contributed by atoms with Crippen molar-refractivity contribution in [3.63, 3.8) is 0 Å². The summed E-state index contributed by atoms with van der Waals surface area (Å²) in [5.74, 6) is 0.173. The Morgan fingerprint density at radius 2 is 2.26 bits per heavy atom. The Morgan fingerprint density at radius 1 is 1.44 bits per heavy atom. The highest BCUT2D eigenvalue weighted by Crippen LogP contribution is 2.44. The number of thioether (sulfide) groups is 1. The van der Waals surface area contributed by atoms with E-state index in [1.807, 2.05) is 16.4 Å². The Labute approximate surface area is 161 Å². The Morgan fingerprint density at radius 3 is 2.93 bits per heavy atom. The third-order valence-electron chi connectivity index (χ3n) is 4.59. The van der Waals surface area contributed by atoms with Crippen molar-refractivity contribution in [1.82, 2.24) is 10.2 Å². The number of amides is 1. The minimum absolute atomic E-state index is 0.0206. The Balaban J connectivity index is 1.67. The fraction of sp³-hybridized carbons (Fsp3) is 0.421. The number of furan rings is 1. The summed E-state index contributed by atoms with van der Waals surface area (Å²) in [5, 5.41) is 5.66. The number of aliphatic imine (C=N–C) groups is 1. The van der Waals surface area contributed by atoms with Crippen LogP contribution in [0.5, 0.6) is 0 Å². The van der Waals surface area contributed by atoms with Crippen LogP contribution in [0.3, 0.4) is 0 Å². The molecule has 3 heterocycles. The van der Waals surface area contributed by atoms with Crippen LogP contribution in [0.2, 0.25) is 0 Å². The number of hydrogen-bond acceptors (Lipinski definition) is 7. The molecule has 0 aromatic carbocycles. The summed E-state index contributed by atoms with van der Waals surface area (Å²) in [7, 11) is 0. The van der Waals surface area contributed by atoms with Gasteiger partial charge in [0.2, 0.25) is 5.91 Å². The topological polar surface area (TPSA) is 84.1 Å². The van der Waals surface area contributed by atoms with E-state index in [0.29, 0.717) is 23.1 Å². The summed E-state index contributed by atoms with van der Waals surface area (Å²) in [5.41, 5.74) is 1.84. The van der Waals surface area contributed by atoms with Crippen molar-refractivity contribution in [3.8, 4) is 0 Å². The second kappa shape index (κ2) is 7.26. The predicted octanol–water partition coefficient (Wildman–Crippen LogP) is 3.09. The highest BCUT2D eigenvalue weighted by Gasteiger charge is 2.42. The lowest BCUT2D eigenvalue weighted by Gasteiger charge is -2.34. The highest BCUT2D eigenvalue weighted by molar-refractivity contribution is 8.16. The largest absolute Gasteiger partial charge is 0.467 e. The average Bonchev–Trinajstić information content (AvgIpc) is 3.12. The quantitative estimate of drug-likeness (QED) is 0.755. The number of nitrogens with one attached hydrogen (secondary N) is 1. The molecule has 0 spiro atoms. The molecule has 1 aromatic heterocycles. The molecule has 1 N–H and O–H groups in total. The van der Waals surface area contributed by atoms with Crippen molar-refractivity contribution in [2.45, 2.75) is 45.2 Å². The van der Waals surface area contributed by atoms with Gasteiger partial charge in [0.1, 0.15) is 11.8 Å². The van der Waals surface area contributed by atoms with E-state index in [1.165, 1.54) is 11.8 Å². The first kappa shape index (κ1) is 17.9. The van der Waals surface area contributed by atoms with Gasteiger partial charge in [-0.05, 0) is 44.2 Å². The van der Waals surface area contributed by atoms with Crippen molar-refractivity contribution < 1.29 is 18.7 Å². The maximum absolute atomic E-state index is 12.7. The zero-order valence-corrected chi connectivity index (χ0v) is 16.0. The van der Waals surface area contributed by atoms with E-state index in [9.17, 15) is 9.59 Å². The van der Waals surface area contributed by atoms with Gasteiger partial charge in [-0.1, -0.05) is 11.8 Å². The number of esters is 1. The molecule has 3 aliphatic rings. The van der Waals surface area contributed by atoms with Crippen LogP contribution in [0.4, 0.5) is 0 Å². The van der Waals surface area contributed by atoms with Gasteiger partial charge in [0.05, 0.1) is 30.6 Å². The minimum atomic E-state index is -0.499. The summed E-state index contributed by atoms with van der Waals surface area (Å²) < 4.78 is 10.9. The summed E-state index contributed by atoms with van der Waals surface area (Å²) in [6.07, 6.45) is 3.89. The first-order chi connectivity index (χ1) is 13.1. The lowest BCUT2D eigenvalue weighted by molar-refractivity contribution is -0.139. The average molecular weight is 387 g/mol. The number of allylic oxidation sites excluding steroid dienone is 1. The Hall–Kier alpha value is -2.48. The van der Waals surface area contributed by atoms with Gasteiger partial charge in [-0.2, -0.15) is 0 Å². The van der Waals surface area contributed by atoms with Crippen molar-refractivity contribution >= 4 is 28.8 Å². The molecule has 0 saturated heterocycles. The molecule has 8 heteroatoms. The second-order valence-electron chi connectivity index (χ2n) is 6.65. The van der Waals surface area contributed by atoms with Gasteiger partial charge in [0.25, 0.3) is 0 Å². The molecule has 1 saturated carbocycles. The smallest absolute Gasteiger partial charge is 0.338 e. The Bertz CT molecular complexity index is 852. The number of fused-ring (bicyclic) bond motifs is 1. The minimum Gasteiger partial charge on any atom is -0.467 e. The van der Waals surface area contributed by atoms with Crippen LogP contribution in [0, 0.1) is 0 Å². The number of carbonyl (C=O) groups excluding carboxylic acids is 2. The molecular formula is C19H21N3O4S. The molecule has 27 heavy (non-hydrogen) atoms. The molecule has 2 aliphatic heterocycles. The number of amidine groups is 1. The van der Waals surface area contributed by atoms with Crippen LogP contribution in [-0.4, -0.2) is 34.6 Å². The lowest BCUT2D eigenvalue weighted by atomic mass is 9.99. The summed E-state index contributed by atoms with van der Waals surface area (Å²) in [6, 6.07) is 3.41. The van der Waals surface area contributed by atoms with Gasteiger partial charge < -0.3 is 19.4 Å². The van der Waals surface area contributed by atoms with Crippen molar-refractivity contribution in [2.24, 2.45) is 4.99 Å². The number of ether oxygens (including phenoxy) is 1. The maximum atomic E-state index is 12.7. The molecule has 1 amide bonds. The zero-order chi connectivity index (χ0) is 19.0. The molecule has 142 valence electrons. The van der Waals surface area contributed by atoms with Gasteiger partial charge in [0.15, 0.2) is 5.17 Å². The van der Waals surface area contributed by atoms with E-state index in [1.54, 1.807) is 26.2 Å². The number of nitrogens with zero attached hydrogens (tertiary/aromatic N) is 2. The number of rotatable bonds is 6. The Kier molecular flexibility index (Phi) is 4.82. The standard InChI is InChI=1S/C19H21N3O4S/c1-3-25-18(24)16-11(2)20-19-22(17(16)14-5-4-8-26-14)13(10-27-19)9-15(23)21-12-6-7-12/h4-5,8,10,12,17H,3,6-7,9H2,1-2H3,(H,21,23)/t17-/m0/s1. The number of carbonyl (C=O) groups is 2. The molecule has 1 aliphatic carbocycles. The van der Waals surface area contributed by atoms with Crippen LogP contribution in [0.25, 0.3) is 0 Å². The highest BCUT2D eigenvalue weighted by atomic mass is 32.2. The molecule has 0 radical (unpaired) electrons. The predicted molar refractivity (Wildman–Crippen MR) is 102 cm³/mol. The van der Waals surface area contributed by atoms with Gasteiger partial charge in [0, 0.05) is 11.7 Å². The van der Waals surface area contributed by atoms with Crippen LogP contribution in [0.1, 0.15) is 44.9 Å². The van der Waals surface area contributed by atoms with Crippen molar-refractivity contribution in [1.29, 1.82) is 0 Å². The molecule has 0 bridgehead atoms. The molecular weight excluding hydrogens is 366 g/mol. The lowest BCUT2D eigenvalue weighted by Crippen LogP contribution is -2.38. The van der Waals surface area contributed by atoms with E-state index in [2.05, 4.69) is 10.3 Å². The monoisotopic (exact) mass is 387 g/mol. The van der Waals surface area contributed by atoms with Crippen LogP contribution in [0.15, 0.2) is 50.2 Å². The van der Waals surface area contributed by atoms with Crippen molar-refractivity contribution in [3.05, 3.63) is 46.5 Å². The fourth-order valence-electron chi connectivity index (χ4n) is 3.23. The first-order valence-corrected chi connectivity index (χ1v) is 9.90. The molecule has 1 atom stereocenters. The third kappa shape index (κ3) is 3.53. The van der Waals surface area contributed by atoms with Crippen molar-refractivity contribution in [2.75, 3.05) is 6.61 Å². The maximum Gasteiger partial charge on any atom is 0.338 e. The fourth-order valence-corrected chi connectivity index (χ4v) is 4.19. The zero-order valence-electron chi connectivity index (χ0n) is 15.2. The van der Waals surface area contributed by atoms with Gasteiger partial charge in [-0.3, -0.25) is 4.79 Å². The van der Waals surface area contributed by atoms with Gasteiger partial charge >= 0.3 is 5.97 Å². The summed E-state index contributed by atoms with van der Waals surface area (Å²) >= 11 is 1.45. The van der Waals surface area contributed by atoms with E-state index in [4.69, 9.17) is 9.15 Å². The number of hydrogen-bond donors (Lipinski definition) is 1. The summed E-state index contributed by atoms with van der Waals surface area (Å²) in [4.78, 5) is 31.5. The van der Waals surface area contributed by atoms with Gasteiger partial charge in [-0.25, -0.2) is 9.79 Å². The molecule has 0 unspecified atom stereocenters. The van der Waals surface area contributed by atoms with E-state index in [0.717, 1.165) is 23.7 Å². The normalized spacial score (nSPS) is 21.6. The van der Waals surface area contributed by atoms with E-state index >= 15 is 0 Å². The first-order valence-electron chi connectivity index (χ1n) is 9.02. The SMILES string of the molecule is CCOC(=O)C1=C(C)N=C2SC=C(CC(=O)NC3CC3)N2[C@H]1c1ccco1. The van der Waals surface area contributed by atoms with Gasteiger partial charge in [-0.15, -0.1) is 0 Å². The second-order valence-corrected chi connectivity index (χ2v) is 7.48. The molecule has 1 aromatic rings. The third-order valence-corrected chi connectivity index (χ3v) is 5.48. The van der Waals surface area contributed by atoms with E-state index in [-0.39, 0.29) is 18.9 Å². The van der Waals surface area contributed by atoms with Crippen LogP contribution in [-0.2, 0) is 14.3 Å².